The zero-order chi connectivity index (χ0) is 18.3. The van der Waals surface area contributed by atoms with Gasteiger partial charge in [-0.3, -0.25) is 4.72 Å². The van der Waals surface area contributed by atoms with Crippen molar-refractivity contribution in [3.05, 3.63) is 48.5 Å². The monoisotopic (exact) mass is 399 g/mol. The average Bonchev–Trinajstić information content (AvgIpc) is 3.28. The van der Waals surface area contributed by atoms with Crippen LogP contribution >= 0.6 is 11.8 Å². The second-order valence-electron chi connectivity index (χ2n) is 5.85. The SMILES string of the molecule is CC1(S(=O)(=O)c2cccc(NS(C)(=O)=O)c2Oc2ccccc2)CS1. The number of sulfonamides is 1. The van der Waals surface area contributed by atoms with Crippen LogP contribution in [0.15, 0.2) is 53.4 Å². The van der Waals surface area contributed by atoms with Crippen molar-refractivity contribution >= 4 is 37.3 Å². The smallest absolute Gasteiger partial charge is 0.229 e. The quantitative estimate of drug-likeness (QED) is 0.751. The summed E-state index contributed by atoms with van der Waals surface area (Å²) in [6, 6.07) is 13.0. The molecule has 6 nitrogen and oxygen atoms in total. The molecule has 0 saturated carbocycles. The number of benzene rings is 2. The number of rotatable bonds is 6. The highest BCUT2D eigenvalue weighted by atomic mass is 32.3. The van der Waals surface area contributed by atoms with E-state index < -0.39 is 23.9 Å². The number of ether oxygens (including phenoxy) is 1. The predicted octanol–water partition coefficient (Wildman–Crippen LogP) is 3.09. The Morgan fingerprint density at radius 1 is 1.04 bits per heavy atom. The van der Waals surface area contributed by atoms with Gasteiger partial charge in [-0.25, -0.2) is 16.8 Å². The number of anilines is 1. The summed E-state index contributed by atoms with van der Waals surface area (Å²) in [6.45, 7) is 1.65. The molecule has 1 saturated heterocycles. The van der Waals surface area contributed by atoms with E-state index >= 15 is 0 Å². The van der Waals surface area contributed by atoms with Crippen LogP contribution in [-0.4, -0.2) is 32.9 Å². The van der Waals surface area contributed by atoms with Crippen molar-refractivity contribution in [2.24, 2.45) is 0 Å². The van der Waals surface area contributed by atoms with Crippen LogP contribution in [0.2, 0.25) is 0 Å². The normalized spacial score (nSPS) is 20.1. The molecule has 1 atom stereocenters. The van der Waals surface area contributed by atoms with Gasteiger partial charge in [0.2, 0.25) is 10.0 Å². The molecule has 0 aliphatic carbocycles. The van der Waals surface area contributed by atoms with Crippen LogP contribution in [-0.2, 0) is 19.9 Å². The van der Waals surface area contributed by atoms with E-state index in [-0.39, 0.29) is 16.3 Å². The average molecular weight is 400 g/mol. The maximum Gasteiger partial charge on any atom is 0.229 e. The molecule has 0 radical (unpaired) electrons. The molecule has 0 aromatic heterocycles. The molecule has 1 aliphatic rings. The standard InChI is InChI=1S/C16H17NO5S3/c1-16(11-23-16)25(20,21)14-10-6-9-13(17-24(2,18)19)15(14)22-12-7-4-3-5-8-12/h3-10,17H,11H2,1-2H3. The Labute approximate surface area is 151 Å². The Morgan fingerprint density at radius 2 is 1.68 bits per heavy atom. The third-order valence-corrected chi connectivity index (χ3v) is 8.74. The number of para-hydroxylation sites is 2. The van der Waals surface area contributed by atoms with Crippen LogP contribution in [0.4, 0.5) is 5.69 Å². The van der Waals surface area contributed by atoms with Crippen molar-refractivity contribution in [1.82, 2.24) is 0 Å². The number of hydrogen-bond donors (Lipinski definition) is 1. The highest BCUT2D eigenvalue weighted by Gasteiger charge is 2.53. The van der Waals surface area contributed by atoms with E-state index in [1.54, 1.807) is 37.3 Å². The molecule has 0 amide bonds. The molecular formula is C16H17NO5S3. The second-order valence-corrected chi connectivity index (χ2v) is 11.7. The first-order chi connectivity index (χ1) is 11.6. The van der Waals surface area contributed by atoms with Gasteiger partial charge >= 0.3 is 0 Å². The Hall–Kier alpha value is -1.71. The molecule has 2 aromatic rings. The van der Waals surface area contributed by atoms with Crippen LogP contribution < -0.4 is 9.46 Å². The van der Waals surface area contributed by atoms with Crippen molar-refractivity contribution < 1.29 is 21.6 Å². The fourth-order valence-electron chi connectivity index (χ4n) is 2.21. The van der Waals surface area contributed by atoms with E-state index in [2.05, 4.69) is 4.72 Å². The third-order valence-electron chi connectivity index (χ3n) is 3.65. The summed E-state index contributed by atoms with van der Waals surface area (Å²) >= 11 is 1.32. The van der Waals surface area contributed by atoms with Gasteiger partial charge in [0.05, 0.1) is 11.9 Å². The third kappa shape index (κ3) is 3.78. The minimum absolute atomic E-state index is 0.0205. The van der Waals surface area contributed by atoms with Gasteiger partial charge in [0, 0.05) is 5.75 Å². The lowest BCUT2D eigenvalue weighted by molar-refractivity contribution is 0.469. The minimum Gasteiger partial charge on any atom is -0.454 e. The summed E-state index contributed by atoms with van der Waals surface area (Å²) in [6.07, 6.45) is 0.999. The van der Waals surface area contributed by atoms with Gasteiger partial charge in [-0.05, 0) is 31.2 Å². The summed E-state index contributed by atoms with van der Waals surface area (Å²) in [5.41, 5.74) is 0.0849. The highest BCUT2D eigenvalue weighted by Crippen LogP contribution is 2.53. The van der Waals surface area contributed by atoms with Crippen LogP contribution in [0.5, 0.6) is 11.5 Å². The predicted molar refractivity (Wildman–Crippen MR) is 99.5 cm³/mol. The summed E-state index contributed by atoms with van der Waals surface area (Å²) < 4.78 is 56.4. The fourth-order valence-corrected chi connectivity index (χ4v) is 5.78. The maximum atomic E-state index is 13.0. The molecule has 1 unspecified atom stereocenters. The summed E-state index contributed by atoms with van der Waals surface area (Å²) in [5.74, 6) is 0.882. The van der Waals surface area contributed by atoms with Crippen molar-refractivity contribution in [3.63, 3.8) is 0 Å². The molecule has 3 rings (SSSR count). The van der Waals surface area contributed by atoms with E-state index in [0.29, 0.717) is 11.5 Å². The van der Waals surface area contributed by atoms with Crippen LogP contribution in [0, 0.1) is 0 Å². The number of hydrogen-bond acceptors (Lipinski definition) is 6. The Morgan fingerprint density at radius 3 is 2.24 bits per heavy atom. The molecule has 1 N–H and O–H groups in total. The van der Waals surface area contributed by atoms with Crippen LogP contribution in [0.25, 0.3) is 0 Å². The van der Waals surface area contributed by atoms with E-state index in [0.717, 1.165) is 6.26 Å². The number of sulfone groups is 1. The van der Waals surface area contributed by atoms with Crippen LogP contribution in [0.3, 0.4) is 0 Å². The van der Waals surface area contributed by atoms with Crippen molar-refractivity contribution in [3.8, 4) is 11.5 Å². The van der Waals surface area contributed by atoms with E-state index in [9.17, 15) is 16.8 Å². The second kappa shape index (κ2) is 6.22. The first kappa shape index (κ1) is 18.1. The van der Waals surface area contributed by atoms with Gasteiger partial charge in [0.25, 0.3) is 0 Å². The van der Waals surface area contributed by atoms with E-state index in [1.165, 1.54) is 30.0 Å². The molecule has 9 heteroatoms. The van der Waals surface area contributed by atoms with E-state index in [1.807, 2.05) is 0 Å². The van der Waals surface area contributed by atoms with Gasteiger partial charge in [-0.15, -0.1) is 11.8 Å². The number of thioether (sulfide) groups is 1. The molecular weight excluding hydrogens is 382 g/mol. The van der Waals surface area contributed by atoms with Gasteiger partial charge in [-0.1, -0.05) is 24.3 Å². The molecule has 0 spiro atoms. The fraction of sp³-hybridized carbons (Fsp3) is 0.250. The highest BCUT2D eigenvalue weighted by molar-refractivity contribution is 8.21. The lowest BCUT2D eigenvalue weighted by Gasteiger charge is -2.18. The molecule has 134 valence electrons. The minimum atomic E-state index is -3.69. The molecule has 1 heterocycles. The van der Waals surface area contributed by atoms with Gasteiger partial charge in [-0.2, -0.15) is 0 Å². The topological polar surface area (TPSA) is 89.5 Å². The summed E-state index contributed by atoms with van der Waals surface area (Å²) in [7, 11) is -7.30. The lowest BCUT2D eigenvalue weighted by Crippen LogP contribution is -2.21. The lowest BCUT2D eigenvalue weighted by atomic mass is 10.3. The van der Waals surface area contributed by atoms with Crippen molar-refractivity contribution in [2.75, 3.05) is 16.7 Å². The molecule has 1 aliphatic heterocycles. The zero-order valence-electron chi connectivity index (χ0n) is 13.6. The first-order valence-corrected chi connectivity index (χ1v) is 11.7. The van der Waals surface area contributed by atoms with Gasteiger partial charge < -0.3 is 4.74 Å². The summed E-state index contributed by atoms with van der Waals surface area (Å²) in [5, 5.41) is 0. The Bertz CT molecular complexity index is 997. The van der Waals surface area contributed by atoms with Crippen molar-refractivity contribution in [2.45, 2.75) is 15.9 Å². The molecule has 0 bridgehead atoms. The zero-order valence-corrected chi connectivity index (χ0v) is 16.0. The van der Waals surface area contributed by atoms with E-state index in [4.69, 9.17) is 4.74 Å². The Balaban J connectivity index is 2.16. The maximum absolute atomic E-state index is 13.0. The van der Waals surface area contributed by atoms with Gasteiger partial charge in [0.1, 0.15) is 14.7 Å². The Kier molecular flexibility index (Phi) is 4.50. The van der Waals surface area contributed by atoms with Crippen LogP contribution in [0.1, 0.15) is 6.92 Å². The molecule has 2 aromatic carbocycles. The van der Waals surface area contributed by atoms with Crippen molar-refractivity contribution in [1.29, 1.82) is 0 Å². The number of nitrogens with one attached hydrogen (secondary N) is 1. The molecule has 1 fully saturated rings. The summed E-state index contributed by atoms with van der Waals surface area (Å²) in [4.78, 5) is -0.0301. The first-order valence-electron chi connectivity index (χ1n) is 7.35. The van der Waals surface area contributed by atoms with Gasteiger partial charge in [0.15, 0.2) is 15.6 Å². The largest absolute Gasteiger partial charge is 0.454 e. The molecule has 25 heavy (non-hydrogen) atoms.